The van der Waals surface area contributed by atoms with Crippen LogP contribution < -0.4 is 10.1 Å². The zero-order valence-corrected chi connectivity index (χ0v) is 13.4. The molecule has 0 bridgehead atoms. The zero-order valence-electron chi connectivity index (χ0n) is 13.4. The van der Waals surface area contributed by atoms with Crippen molar-refractivity contribution in [2.24, 2.45) is 0 Å². The second kappa shape index (κ2) is 8.10. The minimum atomic E-state index is -0.963. The van der Waals surface area contributed by atoms with Crippen LogP contribution in [0.2, 0.25) is 0 Å². The molecule has 0 aromatic heterocycles. The quantitative estimate of drug-likeness (QED) is 0.826. The highest BCUT2D eigenvalue weighted by molar-refractivity contribution is 5.95. The molecule has 126 valence electrons. The maximum absolute atomic E-state index is 12.8. The van der Waals surface area contributed by atoms with Crippen molar-refractivity contribution >= 4 is 17.6 Å². The van der Waals surface area contributed by atoms with Gasteiger partial charge in [0.2, 0.25) is 0 Å². The summed E-state index contributed by atoms with van der Waals surface area (Å²) in [4.78, 5) is 23.7. The number of halogens is 1. The molecule has 2 aromatic rings. The van der Waals surface area contributed by atoms with Gasteiger partial charge in [0, 0.05) is 5.69 Å². The van der Waals surface area contributed by atoms with Crippen LogP contribution in [-0.2, 0) is 14.3 Å². The Balaban J connectivity index is 1.80. The average molecular weight is 331 g/mol. The van der Waals surface area contributed by atoms with Crippen molar-refractivity contribution in [3.05, 3.63) is 59.9 Å². The fourth-order valence-electron chi connectivity index (χ4n) is 1.92. The molecule has 0 aliphatic carbocycles. The highest BCUT2D eigenvalue weighted by atomic mass is 19.1. The number of carbonyl (C=O) groups excluding carboxylic acids is 2. The molecule has 0 aliphatic heterocycles. The molecule has 0 saturated carbocycles. The third kappa shape index (κ3) is 5.39. The van der Waals surface area contributed by atoms with Gasteiger partial charge in [-0.05, 0) is 55.8 Å². The summed E-state index contributed by atoms with van der Waals surface area (Å²) < 4.78 is 22.9. The highest BCUT2D eigenvalue weighted by Gasteiger charge is 2.18. The van der Waals surface area contributed by atoms with E-state index in [1.807, 2.05) is 25.1 Å². The summed E-state index contributed by atoms with van der Waals surface area (Å²) in [6.07, 6.45) is -0.963. The number of rotatable bonds is 6. The molecule has 24 heavy (non-hydrogen) atoms. The fraction of sp³-hybridized carbons (Fsp3) is 0.222. The molecule has 2 aromatic carbocycles. The number of aryl methyl sites for hydroxylation is 1. The lowest BCUT2D eigenvalue weighted by atomic mass is 10.2. The van der Waals surface area contributed by atoms with Gasteiger partial charge in [-0.1, -0.05) is 12.1 Å². The molecule has 6 heteroatoms. The van der Waals surface area contributed by atoms with Crippen molar-refractivity contribution in [1.82, 2.24) is 0 Å². The van der Waals surface area contributed by atoms with E-state index >= 15 is 0 Å². The minimum absolute atomic E-state index is 0.338. The van der Waals surface area contributed by atoms with Crippen LogP contribution in [-0.4, -0.2) is 24.6 Å². The second-order valence-electron chi connectivity index (χ2n) is 5.23. The maximum atomic E-state index is 12.8. The number of hydrogen-bond acceptors (Lipinski definition) is 4. The largest absolute Gasteiger partial charge is 0.482 e. The molecule has 0 unspecified atom stereocenters. The topological polar surface area (TPSA) is 64.6 Å². The number of anilines is 1. The maximum Gasteiger partial charge on any atom is 0.344 e. The van der Waals surface area contributed by atoms with E-state index in [2.05, 4.69) is 5.32 Å². The number of esters is 1. The Morgan fingerprint density at radius 2 is 1.88 bits per heavy atom. The van der Waals surface area contributed by atoms with Crippen LogP contribution in [0.4, 0.5) is 10.1 Å². The normalized spacial score (nSPS) is 11.5. The number of benzene rings is 2. The Kier molecular flexibility index (Phi) is 5.89. The lowest BCUT2D eigenvalue weighted by Crippen LogP contribution is -2.31. The minimum Gasteiger partial charge on any atom is -0.482 e. The summed E-state index contributed by atoms with van der Waals surface area (Å²) in [5.41, 5.74) is 1.63. The zero-order chi connectivity index (χ0) is 17.5. The fourth-order valence-corrected chi connectivity index (χ4v) is 1.92. The van der Waals surface area contributed by atoms with E-state index in [1.165, 1.54) is 31.2 Å². The van der Waals surface area contributed by atoms with E-state index in [0.29, 0.717) is 11.4 Å². The summed E-state index contributed by atoms with van der Waals surface area (Å²) in [5, 5.41) is 2.67. The second-order valence-corrected chi connectivity index (χ2v) is 5.23. The Bertz CT molecular complexity index is 715. The van der Waals surface area contributed by atoms with Crippen LogP contribution in [0.15, 0.2) is 48.5 Å². The molecule has 2 rings (SSSR count). The highest BCUT2D eigenvalue weighted by Crippen LogP contribution is 2.12. The van der Waals surface area contributed by atoms with E-state index in [-0.39, 0.29) is 6.61 Å². The third-order valence-electron chi connectivity index (χ3n) is 3.13. The Morgan fingerprint density at radius 3 is 2.54 bits per heavy atom. The third-order valence-corrected chi connectivity index (χ3v) is 3.13. The van der Waals surface area contributed by atoms with Gasteiger partial charge in [-0.3, -0.25) is 4.79 Å². The van der Waals surface area contributed by atoms with E-state index in [9.17, 15) is 14.0 Å². The van der Waals surface area contributed by atoms with Crippen LogP contribution in [0.25, 0.3) is 0 Å². The van der Waals surface area contributed by atoms with Gasteiger partial charge in [0.25, 0.3) is 5.91 Å². The van der Waals surface area contributed by atoms with E-state index in [0.717, 1.165) is 5.56 Å². The summed E-state index contributed by atoms with van der Waals surface area (Å²) >= 11 is 0. The Hall–Kier alpha value is -2.89. The monoisotopic (exact) mass is 331 g/mol. The molecule has 1 N–H and O–H groups in total. The van der Waals surface area contributed by atoms with Crippen LogP contribution >= 0.6 is 0 Å². The van der Waals surface area contributed by atoms with Crippen LogP contribution in [0.1, 0.15) is 12.5 Å². The van der Waals surface area contributed by atoms with Crippen LogP contribution in [0, 0.1) is 12.7 Å². The van der Waals surface area contributed by atoms with E-state index in [1.54, 1.807) is 6.07 Å². The summed E-state index contributed by atoms with van der Waals surface area (Å²) in [5.74, 6) is -1.18. The average Bonchev–Trinajstić information content (AvgIpc) is 2.54. The predicted octanol–water partition coefficient (Wildman–Crippen LogP) is 3.08. The summed E-state index contributed by atoms with van der Waals surface area (Å²) in [6, 6.07) is 12.5. The first kappa shape index (κ1) is 17.5. The van der Waals surface area contributed by atoms with Crippen molar-refractivity contribution in [2.75, 3.05) is 11.9 Å². The molecule has 0 spiro atoms. The van der Waals surface area contributed by atoms with Gasteiger partial charge in [0.1, 0.15) is 11.6 Å². The number of carbonyl (C=O) groups is 2. The molecule has 1 atom stereocenters. The number of nitrogens with one attached hydrogen (secondary N) is 1. The van der Waals surface area contributed by atoms with Gasteiger partial charge in [-0.2, -0.15) is 0 Å². The first-order chi connectivity index (χ1) is 11.4. The van der Waals surface area contributed by atoms with Gasteiger partial charge >= 0.3 is 5.97 Å². The molecule has 5 nitrogen and oxygen atoms in total. The Morgan fingerprint density at radius 1 is 1.17 bits per heavy atom. The Labute approximate surface area is 139 Å². The first-order valence-electron chi connectivity index (χ1n) is 7.39. The van der Waals surface area contributed by atoms with Gasteiger partial charge in [-0.15, -0.1) is 0 Å². The van der Waals surface area contributed by atoms with Crippen molar-refractivity contribution in [3.8, 4) is 5.75 Å². The van der Waals surface area contributed by atoms with Crippen molar-refractivity contribution in [1.29, 1.82) is 0 Å². The van der Waals surface area contributed by atoms with Gasteiger partial charge in [-0.25, -0.2) is 9.18 Å². The first-order valence-corrected chi connectivity index (χ1v) is 7.39. The number of ether oxygens (including phenoxy) is 2. The number of hydrogen-bond donors (Lipinski definition) is 1. The lowest BCUT2D eigenvalue weighted by Gasteiger charge is -2.14. The van der Waals surface area contributed by atoms with Crippen LogP contribution in [0.3, 0.4) is 0 Å². The number of amides is 1. The van der Waals surface area contributed by atoms with Crippen molar-refractivity contribution in [3.63, 3.8) is 0 Å². The molecule has 0 radical (unpaired) electrons. The lowest BCUT2D eigenvalue weighted by molar-refractivity contribution is -0.155. The smallest absolute Gasteiger partial charge is 0.344 e. The molecular weight excluding hydrogens is 313 g/mol. The summed E-state index contributed by atoms with van der Waals surface area (Å²) in [6.45, 7) is 3.01. The van der Waals surface area contributed by atoms with Gasteiger partial charge in [0.05, 0.1) is 0 Å². The van der Waals surface area contributed by atoms with Gasteiger partial charge < -0.3 is 14.8 Å². The van der Waals surface area contributed by atoms with Crippen molar-refractivity contribution in [2.45, 2.75) is 20.0 Å². The predicted molar refractivity (Wildman–Crippen MR) is 87.3 cm³/mol. The SMILES string of the molecule is Cc1cccc(NC(=O)[C@@H](C)OC(=O)COc2ccc(F)cc2)c1. The standard InChI is InChI=1S/C18H18FNO4/c1-12-4-3-5-15(10-12)20-18(22)13(2)24-17(21)11-23-16-8-6-14(19)7-9-16/h3-10,13H,11H2,1-2H3,(H,20,22)/t13-/m1/s1. The molecular formula is C18H18FNO4. The van der Waals surface area contributed by atoms with Crippen molar-refractivity contribution < 1.29 is 23.5 Å². The molecule has 0 fully saturated rings. The molecule has 0 saturated heterocycles. The van der Waals surface area contributed by atoms with Crippen LogP contribution in [0.5, 0.6) is 5.75 Å². The molecule has 0 heterocycles. The van der Waals surface area contributed by atoms with Gasteiger partial charge in [0.15, 0.2) is 12.7 Å². The van der Waals surface area contributed by atoms with E-state index in [4.69, 9.17) is 9.47 Å². The molecule has 0 aliphatic rings. The molecule has 1 amide bonds. The summed E-state index contributed by atoms with van der Waals surface area (Å²) in [7, 11) is 0. The van der Waals surface area contributed by atoms with E-state index < -0.39 is 23.8 Å².